The molecule has 1 saturated heterocycles. The number of ether oxygens (including phenoxy) is 1. The molecule has 36 heavy (non-hydrogen) atoms. The maximum atomic E-state index is 11.1. The molecule has 0 radical (unpaired) electrons. The molecule has 0 aliphatic carbocycles. The number of hydrogen-bond donors (Lipinski definition) is 2. The number of aromatic nitrogens is 2. The number of nitrogens with zero attached hydrogens (tertiary/aromatic N) is 2. The Morgan fingerprint density at radius 2 is 1.92 bits per heavy atom. The van der Waals surface area contributed by atoms with Crippen LogP contribution in [0.4, 0.5) is 5.69 Å². The largest absolute Gasteiger partial charge is 0.385 e. The highest BCUT2D eigenvalue weighted by molar-refractivity contribution is 7.85. The van der Waals surface area contributed by atoms with E-state index in [1.165, 1.54) is 48.2 Å². The fraction of sp³-hybridized carbons (Fsp3) is 0.536. The molecule has 2 heterocycles. The smallest absolute Gasteiger partial charge is 0.294 e. The predicted molar refractivity (Wildman–Crippen MR) is 146 cm³/mol. The van der Waals surface area contributed by atoms with E-state index in [4.69, 9.17) is 9.29 Å². The molecule has 0 saturated carbocycles. The first kappa shape index (κ1) is 28.2. The third-order valence-electron chi connectivity index (χ3n) is 6.49. The summed E-state index contributed by atoms with van der Waals surface area (Å²) in [4.78, 5) is -0.101. The molecule has 4 rings (SSSR count). The lowest BCUT2D eigenvalue weighted by Crippen LogP contribution is -2.20. The highest BCUT2D eigenvalue weighted by Crippen LogP contribution is 2.23. The van der Waals surface area contributed by atoms with Crippen LogP contribution in [0.15, 0.2) is 47.5 Å². The quantitative estimate of drug-likeness (QED) is 0.334. The van der Waals surface area contributed by atoms with E-state index in [-0.39, 0.29) is 4.90 Å². The fourth-order valence-electron chi connectivity index (χ4n) is 4.32. The number of unbranched alkanes of at least 4 members (excludes halogenated alkanes) is 1. The molecule has 0 amide bonds. The van der Waals surface area contributed by atoms with Gasteiger partial charge in [0.2, 0.25) is 0 Å². The van der Waals surface area contributed by atoms with Crippen LogP contribution in [-0.4, -0.2) is 42.5 Å². The fourth-order valence-corrected chi connectivity index (χ4v) is 4.84. The summed E-state index contributed by atoms with van der Waals surface area (Å²) in [5.74, 6) is 1.23. The van der Waals surface area contributed by atoms with E-state index in [1.807, 2.05) is 4.68 Å². The monoisotopic (exact) mass is 515 g/mol. The standard InChI is InChI=1S/C15H25N.C13H16N2O4S/c1-5-6-7-14-8-9-15(13(4)10-14)16-11-12(2)3;16-20(17,18)12-1-2-13-11(7-12)8-14-15(13)9-10-3-5-19-6-4-10/h8-10,12,16H,5-7,11H2,1-4H3;1-2,7-8,10H,3-6,9H2,(H,16,17,18). The van der Waals surface area contributed by atoms with Crippen molar-refractivity contribution in [3.63, 3.8) is 0 Å². The van der Waals surface area contributed by atoms with Gasteiger partial charge in [-0.1, -0.05) is 39.3 Å². The van der Waals surface area contributed by atoms with Crippen molar-refractivity contribution in [2.45, 2.75) is 71.2 Å². The van der Waals surface area contributed by atoms with Crippen molar-refractivity contribution in [2.24, 2.45) is 11.8 Å². The van der Waals surface area contributed by atoms with Gasteiger partial charge in [-0.15, -0.1) is 0 Å². The van der Waals surface area contributed by atoms with Crippen molar-refractivity contribution in [3.8, 4) is 0 Å². The molecule has 7 nitrogen and oxygen atoms in total. The van der Waals surface area contributed by atoms with E-state index in [0.717, 1.165) is 44.7 Å². The number of hydrogen-bond acceptors (Lipinski definition) is 5. The molecule has 0 unspecified atom stereocenters. The minimum atomic E-state index is -4.17. The molecule has 0 bridgehead atoms. The second kappa shape index (κ2) is 13.2. The predicted octanol–water partition coefficient (Wildman–Crippen LogP) is 6.12. The molecule has 1 fully saturated rings. The Labute approximate surface area is 216 Å². The molecule has 3 aromatic rings. The van der Waals surface area contributed by atoms with Crippen LogP contribution in [0.3, 0.4) is 0 Å². The van der Waals surface area contributed by atoms with E-state index in [2.05, 4.69) is 56.3 Å². The van der Waals surface area contributed by atoms with Gasteiger partial charge < -0.3 is 10.1 Å². The van der Waals surface area contributed by atoms with Crippen molar-refractivity contribution in [3.05, 3.63) is 53.7 Å². The molecule has 1 aliphatic heterocycles. The Hall–Kier alpha value is -2.42. The van der Waals surface area contributed by atoms with Crippen molar-refractivity contribution in [2.75, 3.05) is 25.1 Å². The summed E-state index contributed by atoms with van der Waals surface area (Å²) in [6.45, 7) is 12.3. The molecule has 1 aliphatic rings. The topological polar surface area (TPSA) is 93.5 Å². The van der Waals surface area contributed by atoms with Gasteiger partial charge >= 0.3 is 0 Å². The van der Waals surface area contributed by atoms with Gasteiger partial charge in [0.1, 0.15) is 0 Å². The van der Waals surface area contributed by atoms with Gasteiger partial charge in [-0.25, -0.2) is 0 Å². The summed E-state index contributed by atoms with van der Waals surface area (Å²) in [7, 11) is -4.17. The SMILES string of the molecule is CCCCc1ccc(NCC(C)C)c(C)c1.O=S(=O)(O)c1ccc2c(cnn2CC2CCOCC2)c1. The zero-order valence-electron chi connectivity index (χ0n) is 22.0. The summed E-state index contributed by atoms with van der Waals surface area (Å²) in [6, 6.07) is 11.3. The first-order chi connectivity index (χ1) is 17.2. The summed E-state index contributed by atoms with van der Waals surface area (Å²) in [5.41, 5.74) is 5.00. The van der Waals surface area contributed by atoms with E-state index < -0.39 is 10.1 Å². The van der Waals surface area contributed by atoms with Gasteiger partial charge in [-0.05, 0) is 79.8 Å². The molecule has 0 spiro atoms. The maximum absolute atomic E-state index is 11.1. The molecule has 8 heteroatoms. The Morgan fingerprint density at radius 1 is 1.17 bits per heavy atom. The van der Waals surface area contributed by atoms with Gasteiger partial charge in [-0.2, -0.15) is 13.5 Å². The Balaban J connectivity index is 0.000000207. The molecular formula is C28H41N3O4S. The van der Waals surface area contributed by atoms with E-state index in [9.17, 15) is 8.42 Å². The van der Waals surface area contributed by atoms with Crippen LogP contribution in [0.2, 0.25) is 0 Å². The number of anilines is 1. The Kier molecular flexibility index (Phi) is 10.3. The first-order valence-electron chi connectivity index (χ1n) is 13.0. The number of fused-ring (bicyclic) bond motifs is 1. The minimum Gasteiger partial charge on any atom is -0.385 e. The van der Waals surface area contributed by atoms with Crippen LogP contribution >= 0.6 is 0 Å². The van der Waals surface area contributed by atoms with Crippen molar-refractivity contribution in [1.29, 1.82) is 0 Å². The van der Waals surface area contributed by atoms with Crippen LogP contribution in [0.5, 0.6) is 0 Å². The van der Waals surface area contributed by atoms with Crippen LogP contribution in [-0.2, 0) is 27.8 Å². The maximum Gasteiger partial charge on any atom is 0.294 e. The van der Waals surface area contributed by atoms with Crippen LogP contribution in [0.1, 0.15) is 57.6 Å². The van der Waals surface area contributed by atoms with E-state index in [1.54, 1.807) is 12.3 Å². The average molecular weight is 516 g/mol. The van der Waals surface area contributed by atoms with Crippen LogP contribution in [0, 0.1) is 18.8 Å². The second-order valence-corrected chi connectivity index (χ2v) is 11.5. The number of rotatable bonds is 9. The summed E-state index contributed by atoms with van der Waals surface area (Å²) in [5, 5.41) is 8.52. The first-order valence-corrected chi connectivity index (χ1v) is 14.5. The van der Waals surface area contributed by atoms with Crippen LogP contribution < -0.4 is 5.32 Å². The minimum absolute atomic E-state index is 0.101. The molecule has 2 N–H and O–H groups in total. The number of nitrogens with one attached hydrogen (secondary N) is 1. The van der Waals surface area contributed by atoms with E-state index >= 15 is 0 Å². The van der Waals surface area contributed by atoms with Gasteiger partial charge in [-0.3, -0.25) is 9.23 Å². The molecule has 1 aromatic heterocycles. The highest BCUT2D eigenvalue weighted by Gasteiger charge is 2.17. The zero-order valence-corrected chi connectivity index (χ0v) is 22.9. The van der Waals surface area contributed by atoms with Crippen molar-refractivity contribution >= 4 is 26.7 Å². The summed E-state index contributed by atoms with van der Waals surface area (Å²) in [6.07, 6.45) is 7.44. The normalized spacial score (nSPS) is 14.6. The van der Waals surface area contributed by atoms with Crippen molar-refractivity contribution < 1.29 is 17.7 Å². The average Bonchev–Trinajstić information content (AvgIpc) is 3.24. The lowest BCUT2D eigenvalue weighted by Gasteiger charge is -2.22. The number of aryl methyl sites for hydroxylation is 2. The Bertz CT molecular complexity index is 1210. The number of benzene rings is 2. The van der Waals surface area contributed by atoms with Gasteiger partial charge in [0.25, 0.3) is 10.1 Å². The van der Waals surface area contributed by atoms with E-state index in [0.29, 0.717) is 17.2 Å². The van der Waals surface area contributed by atoms with Gasteiger partial charge in [0, 0.05) is 37.4 Å². The third-order valence-corrected chi connectivity index (χ3v) is 7.34. The lowest BCUT2D eigenvalue weighted by molar-refractivity contribution is 0.0605. The second-order valence-electron chi connectivity index (χ2n) is 10.1. The third kappa shape index (κ3) is 8.32. The molecule has 198 valence electrons. The molecule has 2 aromatic carbocycles. The molecular weight excluding hydrogens is 474 g/mol. The molecule has 0 atom stereocenters. The summed E-state index contributed by atoms with van der Waals surface area (Å²) >= 11 is 0. The summed E-state index contributed by atoms with van der Waals surface area (Å²) < 4.78 is 38.5. The van der Waals surface area contributed by atoms with Gasteiger partial charge in [0.05, 0.1) is 16.6 Å². The lowest BCUT2D eigenvalue weighted by atomic mass is 10.0. The zero-order chi connectivity index (χ0) is 26.1. The van der Waals surface area contributed by atoms with Crippen LogP contribution in [0.25, 0.3) is 10.9 Å². The Morgan fingerprint density at radius 3 is 2.56 bits per heavy atom. The highest BCUT2D eigenvalue weighted by atomic mass is 32.2. The van der Waals surface area contributed by atoms with Gasteiger partial charge in [0.15, 0.2) is 0 Å². The van der Waals surface area contributed by atoms with Crippen molar-refractivity contribution in [1.82, 2.24) is 9.78 Å².